The average molecular weight is 379 g/mol. The number of benzene rings is 1. The lowest BCUT2D eigenvalue weighted by Gasteiger charge is -2.39. The van der Waals surface area contributed by atoms with Gasteiger partial charge in [0.05, 0.1) is 12.4 Å². The molecule has 2 aromatic heterocycles. The van der Waals surface area contributed by atoms with Crippen molar-refractivity contribution in [2.45, 2.75) is 32.7 Å². The molecule has 148 valence electrons. The lowest BCUT2D eigenvalue weighted by atomic mass is 9.93. The van der Waals surface area contributed by atoms with E-state index in [9.17, 15) is 0 Å². The molecule has 0 bridgehead atoms. The van der Waals surface area contributed by atoms with E-state index in [2.05, 4.69) is 75.1 Å². The zero-order valence-corrected chi connectivity index (χ0v) is 16.8. The third kappa shape index (κ3) is 4.06. The molecule has 4 rings (SSSR count). The molecule has 1 aliphatic heterocycles. The SMILES string of the molecule is CCNC(=NCCc1cc2ccccc2[nH]1)N1CCC(C)C(n2ccnc2)C1. The molecule has 3 heterocycles. The standard InChI is InChI=1S/C22H30N6/c1-3-24-22(25-10-8-19-14-18-6-4-5-7-20(18)26-19)27-12-9-17(2)21(15-27)28-13-11-23-16-28/h4-7,11,13-14,16-17,21,26H,3,8-10,12,15H2,1-2H3,(H,24,25). The first-order valence-electron chi connectivity index (χ1n) is 10.3. The molecule has 0 amide bonds. The predicted octanol–water partition coefficient (Wildman–Crippen LogP) is 3.46. The molecule has 1 fully saturated rings. The molecule has 3 aromatic rings. The molecule has 2 N–H and O–H groups in total. The zero-order valence-electron chi connectivity index (χ0n) is 16.8. The molecule has 1 saturated heterocycles. The van der Waals surface area contributed by atoms with Crippen LogP contribution in [-0.2, 0) is 6.42 Å². The van der Waals surface area contributed by atoms with E-state index in [0.29, 0.717) is 12.0 Å². The highest BCUT2D eigenvalue weighted by Gasteiger charge is 2.28. The largest absolute Gasteiger partial charge is 0.358 e. The molecule has 0 saturated carbocycles. The molecule has 1 aliphatic rings. The van der Waals surface area contributed by atoms with E-state index in [1.165, 1.54) is 16.6 Å². The third-order valence-electron chi connectivity index (χ3n) is 5.69. The third-order valence-corrected chi connectivity index (χ3v) is 5.69. The van der Waals surface area contributed by atoms with E-state index in [0.717, 1.165) is 45.0 Å². The minimum atomic E-state index is 0.439. The van der Waals surface area contributed by atoms with E-state index < -0.39 is 0 Å². The Morgan fingerprint density at radius 3 is 3.04 bits per heavy atom. The minimum absolute atomic E-state index is 0.439. The Bertz CT molecular complexity index is 877. The number of hydrogen-bond acceptors (Lipinski definition) is 2. The molecule has 2 unspecified atom stereocenters. The van der Waals surface area contributed by atoms with Gasteiger partial charge in [-0.1, -0.05) is 25.1 Å². The number of fused-ring (bicyclic) bond motifs is 1. The van der Waals surface area contributed by atoms with E-state index in [1.807, 2.05) is 12.5 Å². The van der Waals surface area contributed by atoms with Crippen molar-refractivity contribution < 1.29 is 0 Å². The van der Waals surface area contributed by atoms with Crippen molar-refractivity contribution in [2.24, 2.45) is 10.9 Å². The van der Waals surface area contributed by atoms with Gasteiger partial charge in [-0.3, -0.25) is 4.99 Å². The minimum Gasteiger partial charge on any atom is -0.358 e. The summed E-state index contributed by atoms with van der Waals surface area (Å²) in [7, 11) is 0. The van der Waals surface area contributed by atoms with E-state index in [-0.39, 0.29) is 0 Å². The Labute approximate surface area is 166 Å². The van der Waals surface area contributed by atoms with Gasteiger partial charge < -0.3 is 19.8 Å². The predicted molar refractivity (Wildman–Crippen MR) is 115 cm³/mol. The first-order valence-corrected chi connectivity index (χ1v) is 10.3. The Morgan fingerprint density at radius 1 is 1.36 bits per heavy atom. The molecule has 0 radical (unpaired) electrons. The van der Waals surface area contributed by atoms with Crippen LogP contribution in [0.25, 0.3) is 10.9 Å². The Balaban J connectivity index is 1.43. The van der Waals surface area contributed by atoms with Crippen LogP contribution < -0.4 is 5.32 Å². The van der Waals surface area contributed by atoms with Gasteiger partial charge in [-0.25, -0.2) is 4.98 Å². The van der Waals surface area contributed by atoms with Crippen LogP contribution in [0, 0.1) is 5.92 Å². The van der Waals surface area contributed by atoms with Crippen LogP contribution in [0.2, 0.25) is 0 Å². The second kappa shape index (κ2) is 8.50. The van der Waals surface area contributed by atoms with Crippen LogP contribution in [0.1, 0.15) is 32.0 Å². The number of imidazole rings is 1. The highest BCUT2D eigenvalue weighted by atomic mass is 15.3. The summed E-state index contributed by atoms with van der Waals surface area (Å²) in [5.74, 6) is 1.66. The maximum atomic E-state index is 4.93. The first-order chi connectivity index (χ1) is 13.7. The Hall–Kier alpha value is -2.76. The topological polar surface area (TPSA) is 61.2 Å². The maximum absolute atomic E-state index is 4.93. The number of piperidine rings is 1. The second-order valence-corrected chi connectivity index (χ2v) is 7.66. The van der Waals surface area contributed by atoms with Gasteiger partial charge in [0.2, 0.25) is 0 Å². The lowest BCUT2D eigenvalue weighted by molar-refractivity contribution is 0.189. The van der Waals surface area contributed by atoms with Gasteiger partial charge in [-0.15, -0.1) is 0 Å². The summed E-state index contributed by atoms with van der Waals surface area (Å²) in [6, 6.07) is 11.1. The van der Waals surface area contributed by atoms with Gasteiger partial charge in [0, 0.05) is 56.2 Å². The quantitative estimate of drug-likeness (QED) is 0.528. The number of likely N-dealkylation sites (tertiary alicyclic amines) is 1. The molecule has 28 heavy (non-hydrogen) atoms. The molecule has 6 heteroatoms. The normalized spacial score (nSPS) is 20.6. The van der Waals surface area contributed by atoms with Gasteiger partial charge in [0.1, 0.15) is 0 Å². The molecule has 2 atom stereocenters. The number of para-hydroxylation sites is 1. The number of rotatable bonds is 5. The smallest absolute Gasteiger partial charge is 0.193 e. The van der Waals surface area contributed by atoms with Gasteiger partial charge >= 0.3 is 0 Å². The van der Waals surface area contributed by atoms with Crippen molar-refractivity contribution in [2.75, 3.05) is 26.2 Å². The van der Waals surface area contributed by atoms with E-state index >= 15 is 0 Å². The Kier molecular flexibility index (Phi) is 5.65. The highest BCUT2D eigenvalue weighted by Crippen LogP contribution is 2.27. The fourth-order valence-corrected chi connectivity index (χ4v) is 4.07. The number of hydrogen-bond donors (Lipinski definition) is 2. The molecular weight excluding hydrogens is 348 g/mol. The average Bonchev–Trinajstić information content (AvgIpc) is 3.37. The van der Waals surface area contributed by atoms with Gasteiger partial charge in [-0.2, -0.15) is 0 Å². The van der Waals surface area contributed by atoms with Gasteiger partial charge in [-0.05, 0) is 36.8 Å². The second-order valence-electron chi connectivity index (χ2n) is 7.66. The van der Waals surface area contributed by atoms with Crippen LogP contribution in [0.4, 0.5) is 0 Å². The first kappa shape index (κ1) is 18.6. The molecular formula is C22H30N6. The molecule has 1 aromatic carbocycles. The van der Waals surface area contributed by atoms with Crippen molar-refractivity contribution in [3.8, 4) is 0 Å². The van der Waals surface area contributed by atoms with Crippen molar-refractivity contribution in [3.05, 3.63) is 54.7 Å². The van der Waals surface area contributed by atoms with Crippen LogP contribution in [0.5, 0.6) is 0 Å². The maximum Gasteiger partial charge on any atom is 0.193 e. The zero-order chi connectivity index (χ0) is 19.3. The number of H-pyrrole nitrogens is 1. The number of aromatic nitrogens is 3. The fraction of sp³-hybridized carbons (Fsp3) is 0.455. The summed E-state index contributed by atoms with van der Waals surface area (Å²) >= 11 is 0. The van der Waals surface area contributed by atoms with Crippen LogP contribution >= 0.6 is 0 Å². The fourth-order valence-electron chi connectivity index (χ4n) is 4.07. The number of nitrogens with one attached hydrogen (secondary N) is 2. The molecule has 6 nitrogen and oxygen atoms in total. The molecule has 0 aliphatic carbocycles. The number of guanidine groups is 1. The van der Waals surface area contributed by atoms with Crippen molar-refractivity contribution in [1.82, 2.24) is 24.8 Å². The summed E-state index contributed by atoms with van der Waals surface area (Å²) in [4.78, 5) is 15.1. The van der Waals surface area contributed by atoms with Crippen molar-refractivity contribution >= 4 is 16.9 Å². The van der Waals surface area contributed by atoms with Crippen molar-refractivity contribution in [1.29, 1.82) is 0 Å². The number of aromatic amines is 1. The number of nitrogens with zero attached hydrogens (tertiary/aromatic N) is 4. The summed E-state index contributed by atoms with van der Waals surface area (Å²) in [6.07, 6.45) is 7.95. The monoisotopic (exact) mass is 378 g/mol. The summed E-state index contributed by atoms with van der Waals surface area (Å²) in [6.45, 7) is 8.14. The van der Waals surface area contributed by atoms with Crippen LogP contribution in [-0.4, -0.2) is 51.6 Å². The summed E-state index contributed by atoms with van der Waals surface area (Å²) in [5, 5.41) is 4.75. The van der Waals surface area contributed by atoms with E-state index in [1.54, 1.807) is 0 Å². The van der Waals surface area contributed by atoms with Crippen LogP contribution in [0.15, 0.2) is 54.0 Å². The van der Waals surface area contributed by atoms with Crippen LogP contribution in [0.3, 0.4) is 0 Å². The summed E-state index contributed by atoms with van der Waals surface area (Å²) in [5.41, 5.74) is 2.44. The summed E-state index contributed by atoms with van der Waals surface area (Å²) < 4.78 is 2.24. The van der Waals surface area contributed by atoms with Gasteiger partial charge in [0.15, 0.2) is 5.96 Å². The number of aliphatic imine (C=N–C) groups is 1. The van der Waals surface area contributed by atoms with Crippen molar-refractivity contribution in [3.63, 3.8) is 0 Å². The lowest BCUT2D eigenvalue weighted by Crippen LogP contribution is -2.49. The molecule has 0 spiro atoms. The van der Waals surface area contributed by atoms with Gasteiger partial charge in [0.25, 0.3) is 0 Å². The van der Waals surface area contributed by atoms with E-state index in [4.69, 9.17) is 4.99 Å². The Morgan fingerprint density at radius 2 is 2.25 bits per heavy atom. The highest BCUT2D eigenvalue weighted by molar-refractivity contribution is 5.81.